The summed E-state index contributed by atoms with van der Waals surface area (Å²) in [6.07, 6.45) is 1.47. The van der Waals surface area contributed by atoms with Gasteiger partial charge >= 0.3 is 0 Å². The lowest BCUT2D eigenvalue weighted by atomic mass is 10.1. The maximum Gasteiger partial charge on any atom is 0.254 e. The van der Waals surface area contributed by atoms with Gasteiger partial charge in [-0.1, -0.05) is 6.07 Å². The van der Waals surface area contributed by atoms with Gasteiger partial charge in [-0.2, -0.15) is 0 Å². The highest BCUT2D eigenvalue weighted by Gasteiger charge is 2.19. The molecule has 17 heavy (non-hydrogen) atoms. The Balaban J connectivity index is 2.66. The molecule has 1 aromatic carbocycles. The lowest BCUT2D eigenvalue weighted by Crippen LogP contribution is -2.16. The molecule has 0 unspecified atom stereocenters. The van der Waals surface area contributed by atoms with Crippen LogP contribution in [0.3, 0.4) is 0 Å². The molecule has 0 aliphatic carbocycles. The number of hydrogen-bond donors (Lipinski definition) is 1. The predicted molar refractivity (Wildman–Crippen MR) is 58.1 cm³/mol. The summed E-state index contributed by atoms with van der Waals surface area (Å²) < 4.78 is 27.1. The number of pyridine rings is 1. The SMILES string of the molecule is NC(=O)c1c(F)ccc(-c2ccccn2)c1F. The van der Waals surface area contributed by atoms with Gasteiger partial charge in [0.1, 0.15) is 17.2 Å². The number of rotatable bonds is 2. The molecule has 0 bridgehead atoms. The zero-order valence-electron chi connectivity index (χ0n) is 8.65. The Bertz CT molecular complexity index is 570. The van der Waals surface area contributed by atoms with Crippen molar-refractivity contribution in [2.24, 2.45) is 5.73 Å². The number of carbonyl (C=O) groups excluding carboxylic acids is 1. The van der Waals surface area contributed by atoms with E-state index in [1.165, 1.54) is 12.3 Å². The number of carbonyl (C=O) groups is 1. The van der Waals surface area contributed by atoms with E-state index < -0.39 is 23.1 Å². The van der Waals surface area contributed by atoms with Crippen LogP contribution in [0.15, 0.2) is 36.5 Å². The van der Waals surface area contributed by atoms with E-state index in [0.29, 0.717) is 5.69 Å². The quantitative estimate of drug-likeness (QED) is 0.865. The molecule has 0 aliphatic rings. The van der Waals surface area contributed by atoms with Crippen molar-refractivity contribution in [3.8, 4) is 11.3 Å². The molecule has 1 heterocycles. The van der Waals surface area contributed by atoms with Crippen molar-refractivity contribution in [2.45, 2.75) is 0 Å². The van der Waals surface area contributed by atoms with Crippen molar-refractivity contribution in [3.63, 3.8) is 0 Å². The molecule has 0 atom stereocenters. The molecule has 1 aromatic heterocycles. The third kappa shape index (κ3) is 1.99. The van der Waals surface area contributed by atoms with Crippen LogP contribution < -0.4 is 5.73 Å². The number of benzene rings is 1. The lowest BCUT2D eigenvalue weighted by Gasteiger charge is -2.06. The molecule has 0 saturated carbocycles. The minimum absolute atomic E-state index is 0.0424. The van der Waals surface area contributed by atoms with Crippen LogP contribution in [0.1, 0.15) is 10.4 Å². The molecule has 2 N–H and O–H groups in total. The van der Waals surface area contributed by atoms with Crippen LogP contribution in [-0.2, 0) is 0 Å². The predicted octanol–water partition coefficient (Wildman–Crippen LogP) is 2.13. The van der Waals surface area contributed by atoms with Crippen molar-refractivity contribution in [3.05, 3.63) is 53.7 Å². The van der Waals surface area contributed by atoms with E-state index in [4.69, 9.17) is 5.73 Å². The summed E-state index contributed by atoms with van der Waals surface area (Å²) >= 11 is 0. The van der Waals surface area contributed by atoms with Gasteiger partial charge in [0.25, 0.3) is 5.91 Å². The second-order valence-corrected chi connectivity index (χ2v) is 3.36. The molecule has 0 saturated heterocycles. The topological polar surface area (TPSA) is 56.0 Å². The van der Waals surface area contributed by atoms with E-state index in [2.05, 4.69) is 4.98 Å². The fraction of sp³-hybridized carbons (Fsp3) is 0. The Morgan fingerprint density at radius 3 is 2.53 bits per heavy atom. The molecule has 2 rings (SSSR count). The normalized spacial score (nSPS) is 10.2. The molecule has 0 radical (unpaired) electrons. The Morgan fingerprint density at radius 1 is 1.18 bits per heavy atom. The number of nitrogens with zero attached hydrogens (tertiary/aromatic N) is 1. The first kappa shape index (κ1) is 11.2. The number of primary amides is 1. The smallest absolute Gasteiger partial charge is 0.254 e. The third-order valence-electron chi connectivity index (χ3n) is 2.28. The average molecular weight is 234 g/mol. The Kier molecular flexibility index (Phi) is 2.82. The van der Waals surface area contributed by atoms with E-state index in [-0.39, 0.29) is 5.56 Å². The van der Waals surface area contributed by atoms with E-state index in [1.807, 2.05) is 0 Å². The fourth-order valence-corrected chi connectivity index (χ4v) is 1.50. The largest absolute Gasteiger partial charge is 0.365 e. The molecule has 0 aliphatic heterocycles. The van der Waals surface area contributed by atoms with Crippen molar-refractivity contribution in [2.75, 3.05) is 0 Å². The Morgan fingerprint density at radius 2 is 1.94 bits per heavy atom. The fourth-order valence-electron chi connectivity index (χ4n) is 1.50. The van der Waals surface area contributed by atoms with Crippen LogP contribution in [0.25, 0.3) is 11.3 Å². The van der Waals surface area contributed by atoms with E-state index in [9.17, 15) is 13.6 Å². The van der Waals surface area contributed by atoms with E-state index in [0.717, 1.165) is 6.07 Å². The molecule has 86 valence electrons. The molecule has 5 heteroatoms. The van der Waals surface area contributed by atoms with Crippen molar-refractivity contribution >= 4 is 5.91 Å². The van der Waals surface area contributed by atoms with Gasteiger partial charge in [-0.3, -0.25) is 9.78 Å². The first-order valence-electron chi connectivity index (χ1n) is 4.80. The monoisotopic (exact) mass is 234 g/mol. The summed E-state index contributed by atoms with van der Waals surface area (Å²) in [6, 6.07) is 7.10. The maximum absolute atomic E-state index is 13.9. The maximum atomic E-state index is 13.9. The molecule has 0 fully saturated rings. The Labute approximate surface area is 95.9 Å². The van der Waals surface area contributed by atoms with Crippen molar-refractivity contribution in [1.82, 2.24) is 4.98 Å². The molecular formula is C12H8F2N2O. The van der Waals surface area contributed by atoms with Crippen molar-refractivity contribution < 1.29 is 13.6 Å². The molecule has 3 nitrogen and oxygen atoms in total. The molecule has 1 amide bonds. The molecule has 0 spiro atoms. The minimum Gasteiger partial charge on any atom is -0.365 e. The summed E-state index contributed by atoms with van der Waals surface area (Å²) in [4.78, 5) is 14.9. The van der Waals surface area contributed by atoms with E-state index >= 15 is 0 Å². The Hall–Kier alpha value is -2.30. The van der Waals surface area contributed by atoms with Gasteiger partial charge in [0.2, 0.25) is 0 Å². The highest BCUT2D eigenvalue weighted by atomic mass is 19.1. The van der Waals surface area contributed by atoms with Gasteiger partial charge in [-0.05, 0) is 24.3 Å². The summed E-state index contributed by atoms with van der Waals surface area (Å²) in [5.41, 5.74) is 4.54. The van der Waals surface area contributed by atoms with Crippen LogP contribution in [-0.4, -0.2) is 10.9 Å². The van der Waals surface area contributed by atoms with Gasteiger partial charge in [0, 0.05) is 11.8 Å². The highest BCUT2D eigenvalue weighted by molar-refractivity contribution is 5.94. The summed E-state index contributed by atoms with van der Waals surface area (Å²) in [6.45, 7) is 0. The first-order valence-corrected chi connectivity index (χ1v) is 4.80. The van der Waals surface area contributed by atoms with Gasteiger partial charge < -0.3 is 5.73 Å². The molecular weight excluding hydrogens is 226 g/mol. The second kappa shape index (κ2) is 4.29. The van der Waals surface area contributed by atoms with Gasteiger partial charge in [0.05, 0.1) is 5.69 Å². The van der Waals surface area contributed by atoms with Crippen LogP contribution in [0.2, 0.25) is 0 Å². The zero-order chi connectivity index (χ0) is 12.4. The number of aromatic nitrogens is 1. The standard InChI is InChI=1S/C12H8F2N2O/c13-8-5-4-7(9-3-1-2-6-16-9)11(14)10(8)12(15)17/h1-6H,(H2,15,17). The van der Waals surface area contributed by atoms with E-state index in [1.54, 1.807) is 18.2 Å². The number of halogens is 2. The minimum atomic E-state index is -1.14. The van der Waals surface area contributed by atoms with Gasteiger partial charge in [-0.15, -0.1) is 0 Å². The zero-order valence-corrected chi connectivity index (χ0v) is 8.65. The van der Waals surface area contributed by atoms with Crippen LogP contribution in [0.4, 0.5) is 8.78 Å². The number of amides is 1. The second-order valence-electron chi connectivity index (χ2n) is 3.36. The average Bonchev–Trinajstić information content (AvgIpc) is 2.30. The van der Waals surface area contributed by atoms with Gasteiger partial charge in [-0.25, -0.2) is 8.78 Å². The summed E-state index contributed by atoms with van der Waals surface area (Å²) in [5, 5.41) is 0. The number of hydrogen-bond acceptors (Lipinski definition) is 2. The number of nitrogens with two attached hydrogens (primary N) is 1. The van der Waals surface area contributed by atoms with Crippen LogP contribution >= 0.6 is 0 Å². The summed E-state index contributed by atoms with van der Waals surface area (Å²) in [5.74, 6) is -3.11. The van der Waals surface area contributed by atoms with Crippen LogP contribution in [0.5, 0.6) is 0 Å². The van der Waals surface area contributed by atoms with Gasteiger partial charge in [0.15, 0.2) is 0 Å². The van der Waals surface area contributed by atoms with Crippen molar-refractivity contribution in [1.29, 1.82) is 0 Å². The first-order chi connectivity index (χ1) is 8.11. The highest BCUT2D eigenvalue weighted by Crippen LogP contribution is 2.24. The summed E-state index contributed by atoms with van der Waals surface area (Å²) in [7, 11) is 0. The lowest BCUT2D eigenvalue weighted by molar-refractivity contribution is 0.0992. The van der Waals surface area contributed by atoms with Crippen LogP contribution in [0, 0.1) is 11.6 Å². The third-order valence-corrected chi connectivity index (χ3v) is 2.28. The molecule has 2 aromatic rings.